The lowest BCUT2D eigenvalue weighted by Gasteiger charge is -2.37. The van der Waals surface area contributed by atoms with Crippen LogP contribution in [0.5, 0.6) is 0 Å². The van der Waals surface area contributed by atoms with Gasteiger partial charge in [0.2, 0.25) is 11.8 Å². The van der Waals surface area contributed by atoms with E-state index in [0.717, 1.165) is 0 Å². The number of amides is 2. The summed E-state index contributed by atoms with van der Waals surface area (Å²) < 4.78 is 13.7. The minimum Gasteiger partial charge on any atom is -0.370 e. The number of rotatable bonds is 4. The number of anilines is 1. The molecule has 1 aromatic carbocycles. The van der Waals surface area contributed by atoms with Crippen molar-refractivity contribution in [2.75, 3.05) is 31.1 Å². The van der Waals surface area contributed by atoms with E-state index in [1.165, 1.54) is 6.07 Å². The molecule has 23 heavy (non-hydrogen) atoms. The summed E-state index contributed by atoms with van der Waals surface area (Å²) in [7, 11) is 0. The van der Waals surface area contributed by atoms with Gasteiger partial charge in [0.1, 0.15) is 5.82 Å². The van der Waals surface area contributed by atoms with Gasteiger partial charge in [-0.3, -0.25) is 9.59 Å². The highest BCUT2D eigenvalue weighted by Gasteiger charge is 2.26. The lowest BCUT2D eigenvalue weighted by atomic mass is 10.1. The molecule has 1 aliphatic heterocycles. The third kappa shape index (κ3) is 5.53. The van der Waals surface area contributed by atoms with Crippen molar-refractivity contribution in [3.05, 3.63) is 30.1 Å². The summed E-state index contributed by atoms with van der Waals surface area (Å²) in [6.45, 7) is 1.94. The summed E-state index contributed by atoms with van der Waals surface area (Å²) in [5, 5.41) is 0. The fourth-order valence-electron chi connectivity index (χ4n) is 2.41. The highest BCUT2D eigenvalue weighted by Crippen LogP contribution is 2.20. The number of carbonyl (C=O) groups is 2. The molecule has 0 radical (unpaired) electrons. The van der Waals surface area contributed by atoms with Crippen molar-refractivity contribution in [1.29, 1.82) is 0 Å². The van der Waals surface area contributed by atoms with Gasteiger partial charge in [0, 0.05) is 26.2 Å². The summed E-state index contributed by atoms with van der Waals surface area (Å²) in [6.07, 6.45) is -0.160. The van der Waals surface area contributed by atoms with Gasteiger partial charge in [-0.05, 0) is 12.1 Å². The molecule has 4 N–H and O–H groups in total. The van der Waals surface area contributed by atoms with Gasteiger partial charge < -0.3 is 21.3 Å². The Morgan fingerprint density at radius 2 is 1.70 bits per heavy atom. The molecule has 1 unspecified atom stereocenters. The standard InChI is InChI=1S/C14H19FN4O2.2ClH/c15-10-3-1-2-4-12(10)18-5-7-19(8-6-18)14(21)11(16)9-13(17)20;;/h1-4,11H,5-9,16H2,(H2,17,20);2*1H. The zero-order valence-corrected chi connectivity index (χ0v) is 14.1. The fraction of sp³-hybridized carbons (Fsp3) is 0.429. The van der Waals surface area contributed by atoms with Crippen LogP contribution in [-0.4, -0.2) is 48.9 Å². The minimum absolute atomic E-state index is 0. The van der Waals surface area contributed by atoms with E-state index in [9.17, 15) is 14.0 Å². The number of piperazine rings is 1. The molecule has 0 bridgehead atoms. The van der Waals surface area contributed by atoms with Gasteiger partial charge in [-0.1, -0.05) is 12.1 Å². The van der Waals surface area contributed by atoms with Crippen LogP contribution in [0.4, 0.5) is 10.1 Å². The molecule has 2 rings (SSSR count). The summed E-state index contributed by atoms with van der Waals surface area (Å²) in [5.74, 6) is -1.16. The van der Waals surface area contributed by atoms with Crippen LogP contribution in [0.1, 0.15) is 6.42 Å². The molecular weight excluding hydrogens is 346 g/mol. The summed E-state index contributed by atoms with van der Waals surface area (Å²) in [6, 6.07) is 5.64. The maximum Gasteiger partial charge on any atom is 0.240 e. The highest BCUT2D eigenvalue weighted by atomic mass is 35.5. The van der Waals surface area contributed by atoms with Gasteiger partial charge >= 0.3 is 0 Å². The van der Waals surface area contributed by atoms with Crippen LogP contribution >= 0.6 is 24.8 Å². The molecule has 1 fully saturated rings. The minimum atomic E-state index is -0.900. The van der Waals surface area contributed by atoms with Gasteiger partial charge in [0.05, 0.1) is 18.2 Å². The molecule has 1 heterocycles. The summed E-state index contributed by atoms with van der Waals surface area (Å²) in [4.78, 5) is 26.3. The summed E-state index contributed by atoms with van der Waals surface area (Å²) in [5.41, 5.74) is 11.2. The van der Waals surface area contributed by atoms with Crippen LogP contribution in [0.15, 0.2) is 24.3 Å². The van der Waals surface area contributed by atoms with Crippen molar-refractivity contribution in [3.8, 4) is 0 Å². The Bertz CT molecular complexity index is 539. The van der Waals surface area contributed by atoms with Crippen molar-refractivity contribution >= 4 is 42.3 Å². The van der Waals surface area contributed by atoms with Gasteiger partial charge in [-0.15, -0.1) is 24.8 Å². The number of nitrogens with zero attached hydrogens (tertiary/aromatic N) is 2. The van der Waals surface area contributed by atoms with E-state index in [4.69, 9.17) is 11.5 Å². The average Bonchev–Trinajstić information content (AvgIpc) is 2.46. The second kappa shape index (κ2) is 9.54. The topological polar surface area (TPSA) is 92.7 Å². The molecule has 1 aromatic rings. The van der Waals surface area contributed by atoms with Crippen LogP contribution in [0.3, 0.4) is 0 Å². The average molecular weight is 367 g/mol. The molecule has 6 nitrogen and oxygen atoms in total. The Hall–Kier alpha value is -1.57. The number of primary amides is 1. The maximum atomic E-state index is 13.7. The fourth-order valence-corrected chi connectivity index (χ4v) is 2.41. The number of para-hydroxylation sites is 1. The number of benzene rings is 1. The smallest absolute Gasteiger partial charge is 0.240 e. The van der Waals surface area contributed by atoms with Crippen LogP contribution in [0.25, 0.3) is 0 Å². The second-order valence-electron chi connectivity index (χ2n) is 5.04. The third-order valence-corrected chi connectivity index (χ3v) is 3.52. The first-order chi connectivity index (χ1) is 9.99. The monoisotopic (exact) mass is 366 g/mol. The molecule has 9 heteroatoms. The highest BCUT2D eigenvalue weighted by molar-refractivity contribution is 5.87. The molecule has 130 valence electrons. The largest absolute Gasteiger partial charge is 0.370 e. The Morgan fingerprint density at radius 3 is 2.22 bits per heavy atom. The van der Waals surface area contributed by atoms with Gasteiger partial charge in [0.25, 0.3) is 0 Å². The lowest BCUT2D eigenvalue weighted by Crippen LogP contribution is -2.54. The van der Waals surface area contributed by atoms with E-state index in [2.05, 4.69) is 0 Å². The van der Waals surface area contributed by atoms with Gasteiger partial charge in [0.15, 0.2) is 0 Å². The molecule has 0 aromatic heterocycles. The number of halogens is 3. The Labute approximate surface area is 146 Å². The number of hydrogen-bond donors (Lipinski definition) is 2. The third-order valence-electron chi connectivity index (χ3n) is 3.52. The van der Waals surface area contributed by atoms with Crippen LogP contribution in [0, 0.1) is 5.82 Å². The van der Waals surface area contributed by atoms with Gasteiger partial charge in [-0.2, -0.15) is 0 Å². The van der Waals surface area contributed by atoms with Crippen LogP contribution in [0.2, 0.25) is 0 Å². The van der Waals surface area contributed by atoms with Gasteiger partial charge in [-0.25, -0.2) is 4.39 Å². The molecule has 1 atom stereocenters. The SMILES string of the molecule is Cl.Cl.NC(=O)CC(N)C(=O)N1CCN(c2ccccc2F)CC1. The molecule has 1 aliphatic rings. The van der Waals surface area contributed by atoms with Crippen molar-refractivity contribution in [1.82, 2.24) is 4.90 Å². The predicted octanol–water partition coefficient (Wildman–Crippen LogP) is 0.521. The number of carbonyl (C=O) groups excluding carboxylic acids is 2. The quantitative estimate of drug-likeness (QED) is 0.812. The van der Waals surface area contributed by atoms with E-state index in [-0.39, 0.29) is 43.0 Å². The molecule has 1 saturated heterocycles. The maximum absolute atomic E-state index is 13.7. The molecule has 0 aliphatic carbocycles. The lowest BCUT2D eigenvalue weighted by molar-refractivity contribution is -0.134. The van der Waals surface area contributed by atoms with Crippen molar-refractivity contribution in [2.45, 2.75) is 12.5 Å². The van der Waals surface area contributed by atoms with E-state index >= 15 is 0 Å². The molecular formula is C14H21Cl2FN4O2. The molecule has 0 saturated carbocycles. The van der Waals surface area contributed by atoms with E-state index in [1.54, 1.807) is 23.1 Å². The molecule has 0 spiro atoms. The Balaban J connectivity index is 0.00000242. The second-order valence-corrected chi connectivity index (χ2v) is 5.04. The predicted molar refractivity (Wildman–Crippen MR) is 91.5 cm³/mol. The normalized spacial score (nSPS) is 15.2. The van der Waals surface area contributed by atoms with E-state index < -0.39 is 11.9 Å². The number of hydrogen-bond acceptors (Lipinski definition) is 4. The van der Waals surface area contributed by atoms with Crippen molar-refractivity contribution in [2.24, 2.45) is 11.5 Å². The Morgan fingerprint density at radius 1 is 1.13 bits per heavy atom. The first-order valence-electron chi connectivity index (χ1n) is 6.81. The first kappa shape index (κ1) is 21.4. The van der Waals surface area contributed by atoms with Crippen molar-refractivity contribution < 1.29 is 14.0 Å². The van der Waals surface area contributed by atoms with Crippen LogP contribution < -0.4 is 16.4 Å². The number of nitrogens with two attached hydrogens (primary N) is 2. The van der Waals surface area contributed by atoms with E-state index in [1.807, 2.05) is 4.90 Å². The van der Waals surface area contributed by atoms with E-state index in [0.29, 0.717) is 31.9 Å². The zero-order valence-electron chi connectivity index (χ0n) is 12.5. The van der Waals surface area contributed by atoms with Crippen molar-refractivity contribution in [3.63, 3.8) is 0 Å². The molecule has 2 amide bonds. The van der Waals surface area contributed by atoms with Crippen LogP contribution in [-0.2, 0) is 9.59 Å². The first-order valence-corrected chi connectivity index (χ1v) is 6.81. The zero-order chi connectivity index (χ0) is 15.4. The summed E-state index contributed by atoms with van der Waals surface area (Å²) >= 11 is 0. The Kier molecular flexibility index (Phi) is 8.89.